The van der Waals surface area contributed by atoms with E-state index in [1.165, 1.54) is 19.3 Å². The number of hydrogen-bond acceptors (Lipinski definition) is 3. The van der Waals surface area contributed by atoms with E-state index >= 15 is 0 Å². The van der Waals surface area contributed by atoms with E-state index in [-0.39, 0.29) is 5.91 Å². The van der Waals surface area contributed by atoms with Crippen molar-refractivity contribution in [1.82, 2.24) is 4.90 Å². The lowest BCUT2D eigenvalue weighted by molar-refractivity contribution is 0.0743. The number of carbonyl (C=O) groups is 1. The minimum atomic E-state index is -0.0585. The Kier molecular flexibility index (Phi) is 3.75. The van der Waals surface area contributed by atoms with Crippen molar-refractivity contribution in [3.63, 3.8) is 0 Å². The quantitative estimate of drug-likeness (QED) is 0.831. The Morgan fingerprint density at radius 3 is 2.78 bits per heavy atom. The van der Waals surface area contributed by atoms with Crippen LogP contribution in [0.5, 0.6) is 5.75 Å². The lowest BCUT2D eigenvalue weighted by Crippen LogP contribution is -2.34. The van der Waals surface area contributed by atoms with Crippen LogP contribution in [0.15, 0.2) is 18.2 Å². The Morgan fingerprint density at radius 2 is 2.22 bits per heavy atom. The second kappa shape index (κ2) is 5.29. The Balaban J connectivity index is 2.16. The standard InChI is InChI=1S/C14H20N2O2/c1-16(9-10-5-3-6-10)14(17)13-11(15)7-4-8-12(13)18-2/h4,7-8,10H,3,5-6,9,15H2,1-2H3. The van der Waals surface area contributed by atoms with E-state index in [4.69, 9.17) is 10.5 Å². The van der Waals surface area contributed by atoms with Crippen molar-refractivity contribution in [1.29, 1.82) is 0 Å². The summed E-state index contributed by atoms with van der Waals surface area (Å²) in [5, 5.41) is 0. The molecular formula is C14H20N2O2. The average Bonchev–Trinajstić information content (AvgIpc) is 2.32. The highest BCUT2D eigenvalue weighted by Crippen LogP contribution is 2.29. The van der Waals surface area contributed by atoms with Crippen LogP contribution in [0, 0.1) is 5.92 Å². The maximum absolute atomic E-state index is 12.4. The first-order valence-corrected chi connectivity index (χ1v) is 6.31. The summed E-state index contributed by atoms with van der Waals surface area (Å²) in [6.07, 6.45) is 3.72. The Bertz CT molecular complexity index is 441. The summed E-state index contributed by atoms with van der Waals surface area (Å²) in [5.41, 5.74) is 6.83. The molecule has 0 saturated heterocycles. The predicted molar refractivity (Wildman–Crippen MR) is 71.7 cm³/mol. The summed E-state index contributed by atoms with van der Waals surface area (Å²) >= 11 is 0. The third kappa shape index (κ3) is 2.42. The number of ether oxygens (including phenoxy) is 1. The molecule has 1 aliphatic carbocycles. The average molecular weight is 248 g/mol. The molecule has 1 fully saturated rings. The fourth-order valence-corrected chi connectivity index (χ4v) is 2.28. The van der Waals surface area contributed by atoms with Gasteiger partial charge in [0.25, 0.3) is 5.91 Å². The highest BCUT2D eigenvalue weighted by atomic mass is 16.5. The van der Waals surface area contributed by atoms with Crippen LogP contribution in [0.4, 0.5) is 5.69 Å². The number of amides is 1. The largest absolute Gasteiger partial charge is 0.496 e. The Morgan fingerprint density at radius 1 is 1.50 bits per heavy atom. The van der Waals surface area contributed by atoms with Gasteiger partial charge in [-0.2, -0.15) is 0 Å². The number of nitrogen functional groups attached to an aromatic ring is 1. The zero-order valence-corrected chi connectivity index (χ0v) is 11.0. The van der Waals surface area contributed by atoms with E-state index in [2.05, 4.69) is 0 Å². The minimum absolute atomic E-state index is 0.0585. The van der Waals surface area contributed by atoms with Gasteiger partial charge >= 0.3 is 0 Å². The normalized spacial score (nSPS) is 15.0. The van der Waals surface area contributed by atoms with E-state index < -0.39 is 0 Å². The lowest BCUT2D eigenvalue weighted by atomic mass is 9.85. The predicted octanol–water partition coefficient (Wildman–Crippen LogP) is 2.15. The van der Waals surface area contributed by atoms with Gasteiger partial charge in [-0.1, -0.05) is 12.5 Å². The third-order valence-corrected chi connectivity index (χ3v) is 3.60. The molecule has 2 rings (SSSR count). The summed E-state index contributed by atoms with van der Waals surface area (Å²) in [5.74, 6) is 1.13. The van der Waals surface area contributed by atoms with Gasteiger partial charge in [-0.15, -0.1) is 0 Å². The lowest BCUT2D eigenvalue weighted by Gasteiger charge is -2.30. The van der Waals surface area contributed by atoms with E-state index in [1.54, 1.807) is 30.2 Å². The Hall–Kier alpha value is -1.71. The molecule has 1 aromatic carbocycles. The molecule has 98 valence electrons. The fourth-order valence-electron chi connectivity index (χ4n) is 2.28. The number of rotatable bonds is 4. The van der Waals surface area contributed by atoms with Gasteiger partial charge in [-0.25, -0.2) is 0 Å². The number of nitrogens with zero attached hydrogens (tertiary/aromatic N) is 1. The van der Waals surface area contributed by atoms with Gasteiger partial charge in [-0.3, -0.25) is 4.79 Å². The van der Waals surface area contributed by atoms with Crippen molar-refractivity contribution < 1.29 is 9.53 Å². The molecule has 0 unspecified atom stereocenters. The summed E-state index contributed by atoms with van der Waals surface area (Å²) < 4.78 is 5.22. The van der Waals surface area contributed by atoms with Crippen LogP contribution in [0.3, 0.4) is 0 Å². The first-order valence-electron chi connectivity index (χ1n) is 6.31. The van der Waals surface area contributed by atoms with Gasteiger partial charge in [0.15, 0.2) is 0 Å². The molecule has 0 atom stereocenters. The molecule has 1 aliphatic rings. The fraction of sp³-hybridized carbons (Fsp3) is 0.500. The van der Waals surface area contributed by atoms with Gasteiger partial charge in [0.1, 0.15) is 11.3 Å². The van der Waals surface area contributed by atoms with Crippen molar-refractivity contribution >= 4 is 11.6 Å². The molecular weight excluding hydrogens is 228 g/mol. The number of benzene rings is 1. The topological polar surface area (TPSA) is 55.6 Å². The van der Waals surface area contributed by atoms with Gasteiger partial charge < -0.3 is 15.4 Å². The molecule has 0 aromatic heterocycles. The van der Waals surface area contributed by atoms with Crippen molar-refractivity contribution in [2.45, 2.75) is 19.3 Å². The minimum Gasteiger partial charge on any atom is -0.496 e. The molecule has 1 saturated carbocycles. The van der Waals surface area contributed by atoms with Crippen molar-refractivity contribution in [2.24, 2.45) is 5.92 Å². The molecule has 0 spiro atoms. The summed E-state index contributed by atoms with van der Waals surface area (Å²) in [7, 11) is 3.38. The second-order valence-corrected chi connectivity index (χ2v) is 4.91. The van der Waals surface area contributed by atoms with Crippen LogP contribution >= 0.6 is 0 Å². The van der Waals surface area contributed by atoms with Crippen LogP contribution in [-0.4, -0.2) is 31.5 Å². The molecule has 0 radical (unpaired) electrons. The number of nitrogens with two attached hydrogens (primary N) is 1. The van der Waals surface area contributed by atoms with Crippen LogP contribution in [0.2, 0.25) is 0 Å². The van der Waals surface area contributed by atoms with Gasteiger partial charge in [0, 0.05) is 19.3 Å². The maximum Gasteiger partial charge on any atom is 0.259 e. The zero-order valence-electron chi connectivity index (χ0n) is 11.0. The zero-order chi connectivity index (χ0) is 13.1. The molecule has 1 amide bonds. The van der Waals surface area contributed by atoms with Crippen LogP contribution in [0.1, 0.15) is 29.6 Å². The summed E-state index contributed by atoms with van der Waals surface area (Å²) in [4.78, 5) is 14.1. The van der Waals surface area contributed by atoms with Crippen molar-refractivity contribution in [3.8, 4) is 5.75 Å². The SMILES string of the molecule is COc1cccc(N)c1C(=O)N(C)CC1CCC1. The first kappa shape index (κ1) is 12.7. The van der Waals surface area contributed by atoms with E-state index in [0.29, 0.717) is 22.9 Å². The van der Waals surface area contributed by atoms with Gasteiger partial charge in [-0.05, 0) is 30.9 Å². The first-order chi connectivity index (χ1) is 8.63. The molecule has 0 heterocycles. The number of carbonyl (C=O) groups excluding carboxylic acids is 1. The van der Waals surface area contributed by atoms with E-state index in [0.717, 1.165) is 6.54 Å². The molecule has 1 aromatic rings. The van der Waals surface area contributed by atoms with Crippen molar-refractivity contribution in [2.75, 3.05) is 26.4 Å². The maximum atomic E-state index is 12.4. The van der Waals surface area contributed by atoms with E-state index in [9.17, 15) is 4.79 Å². The monoisotopic (exact) mass is 248 g/mol. The molecule has 18 heavy (non-hydrogen) atoms. The summed E-state index contributed by atoms with van der Waals surface area (Å²) in [6.45, 7) is 0.802. The van der Waals surface area contributed by atoms with Crippen LogP contribution in [0.25, 0.3) is 0 Å². The smallest absolute Gasteiger partial charge is 0.259 e. The van der Waals surface area contributed by atoms with Crippen LogP contribution < -0.4 is 10.5 Å². The third-order valence-electron chi connectivity index (χ3n) is 3.60. The summed E-state index contributed by atoms with van der Waals surface area (Å²) in [6, 6.07) is 5.28. The number of hydrogen-bond donors (Lipinski definition) is 1. The highest BCUT2D eigenvalue weighted by molar-refractivity contribution is 6.01. The number of anilines is 1. The van der Waals surface area contributed by atoms with E-state index in [1.807, 2.05) is 7.05 Å². The van der Waals surface area contributed by atoms with Gasteiger partial charge in [0.05, 0.1) is 7.11 Å². The van der Waals surface area contributed by atoms with Crippen molar-refractivity contribution in [3.05, 3.63) is 23.8 Å². The highest BCUT2D eigenvalue weighted by Gasteiger charge is 2.24. The second-order valence-electron chi connectivity index (χ2n) is 4.91. The molecule has 2 N–H and O–H groups in total. The number of methoxy groups -OCH3 is 1. The molecule has 4 heteroatoms. The van der Waals surface area contributed by atoms with Gasteiger partial charge in [0.2, 0.25) is 0 Å². The Labute approximate surface area is 108 Å². The molecule has 0 bridgehead atoms. The van der Waals surface area contributed by atoms with Crippen LogP contribution in [-0.2, 0) is 0 Å². The molecule has 0 aliphatic heterocycles. The molecule has 4 nitrogen and oxygen atoms in total.